The van der Waals surface area contributed by atoms with E-state index in [1.165, 1.54) is 0 Å². The van der Waals surface area contributed by atoms with Crippen LogP contribution in [0.15, 0.2) is 49.6 Å². The number of carbonyl (C=O) groups is 1. The van der Waals surface area contributed by atoms with E-state index in [9.17, 15) is 4.79 Å². The van der Waals surface area contributed by atoms with Crippen LogP contribution in [-0.2, 0) is 0 Å². The second kappa shape index (κ2) is 6.97. The lowest BCUT2D eigenvalue weighted by atomic mass is 10.2. The molecule has 2 amide bonds. The Hall–Kier alpha value is -2.47. The van der Waals surface area contributed by atoms with Crippen LogP contribution in [0, 0.1) is 12.3 Å². The molecule has 1 aromatic carbocycles. The molecule has 1 rings (SSSR count). The maximum Gasteiger partial charge on any atom is 0.322 e. The van der Waals surface area contributed by atoms with Crippen molar-refractivity contribution in [3.8, 4) is 12.3 Å². The highest BCUT2D eigenvalue weighted by Gasteiger charge is 2.10. The Balaban J connectivity index is 2.75. The normalized spacial score (nSPS) is 9.06. The highest BCUT2D eigenvalue weighted by molar-refractivity contribution is 5.89. The topological polar surface area (TPSA) is 32.3 Å². The molecule has 0 saturated heterocycles. The van der Waals surface area contributed by atoms with Crippen LogP contribution < -0.4 is 5.32 Å². The summed E-state index contributed by atoms with van der Waals surface area (Å²) in [5, 5.41) is 2.78. The lowest BCUT2D eigenvalue weighted by molar-refractivity contribution is 0.222. The van der Waals surface area contributed by atoms with Crippen molar-refractivity contribution >= 4 is 11.7 Å². The quantitative estimate of drug-likeness (QED) is 0.623. The third-order valence-electron chi connectivity index (χ3n) is 2.27. The summed E-state index contributed by atoms with van der Waals surface area (Å²) in [4.78, 5) is 13.5. The van der Waals surface area contributed by atoms with Crippen LogP contribution in [0.2, 0.25) is 0 Å². The second-order valence-electron chi connectivity index (χ2n) is 3.64. The molecule has 0 aliphatic rings. The third kappa shape index (κ3) is 3.84. The number of terminal acetylenes is 1. The van der Waals surface area contributed by atoms with Gasteiger partial charge in [0.25, 0.3) is 0 Å². The van der Waals surface area contributed by atoms with Gasteiger partial charge in [0.05, 0.1) is 0 Å². The van der Waals surface area contributed by atoms with Crippen LogP contribution in [0.3, 0.4) is 0 Å². The van der Waals surface area contributed by atoms with E-state index in [0.717, 1.165) is 5.56 Å². The molecular weight excluding hydrogens is 224 g/mol. The molecule has 1 aromatic rings. The fourth-order valence-electron chi connectivity index (χ4n) is 1.44. The van der Waals surface area contributed by atoms with Crippen molar-refractivity contribution in [3.05, 3.63) is 55.1 Å². The summed E-state index contributed by atoms with van der Waals surface area (Å²) in [6.07, 6.45) is 8.64. The van der Waals surface area contributed by atoms with E-state index in [0.29, 0.717) is 18.8 Å². The standard InChI is InChI=1S/C15H16N2O/c1-4-10-17(11-5-2)15(18)16-14-9-7-8-13(6-3)12-14/h3-5,7-9,12H,1-2,10-11H2,(H,16,18). The van der Waals surface area contributed by atoms with Crippen LogP contribution in [0.5, 0.6) is 0 Å². The number of amides is 2. The van der Waals surface area contributed by atoms with Crippen LogP contribution in [0.25, 0.3) is 0 Å². The number of hydrogen-bond donors (Lipinski definition) is 1. The zero-order chi connectivity index (χ0) is 13.4. The summed E-state index contributed by atoms with van der Waals surface area (Å²) in [7, 11) is 0. The average molecular weight is 240 g/mol. The zero-order valence-electron chi connectivity index (χ0n) is 10.2. The van der Waals surface area contributed by atoms with E-state index in [1.54, 1.807) is 41.3 Å². The molecule has 0 aliphatic carbocycles. The Morgan fingerprint density at radius 3 is 2.61 bits per heavy atom. The molecule has 3 heteroatoms. The summed E-state index contributed by atoms with van der Waals surface area (Å²) >= 11 is 0. The number of carbonyl (C=O) groups excluding carboxylic acids is 1. The molecule has 92 valence electrons. The molecule has 18 heavy (non-hydrogen) atoms. The number of hydrogen-bond acceptors (Lipinski definition) is 1. The predicted molar refractivity (Wildman–Crippen MR) is 75.4 cm³/mol. The van der Waals surface area contributed by atoms with Gasteiger partial charge in [0.15, 0.2) is 0 Å². The number of benzene rings is 1. The molecule has 0 unspecified atom stereocenters. The maximum atomic E-state index is 12.0. The van der Waals surface area contributed by atoms with Gasteiger partial charge in [-0.3, -0.25) is 0 Å². The first-order valence-electron chi connectivity index (χ1n) is 5.55. The Labute approximate surface area is 108 Å². The van der Waals surface area contributed by atoms with Crippen molar-refractivity contribution in [2.45, 2.75) is 0 Å². The molecule has 0 bridgehead atoms. The van der Waals surface area contributed by atoms with Gasteiger partial charge in [-0.2, -0.15) is 0 Å². The van der Waals surface area contributed by atoms with Crippen molar-refractivity contribution < 1.29 is 4.79 Å². The average Bonchev–Trinajstić information content (AvgIpc) is 2.38. The summed E-state index contributed by atoms with van der Waals surface area (Å²) in [5.74, 6) is 2.52. The second-order valence-corrected chi connectivity index (χ2v) is 3.64. The van der Waals surface area contributed by atoms with Crippen LogP contribution in [0.1, 0.15) is 5.56 Å². The van der Waals surface area contributed by atoms with Crippen molar-refractivity contribution in [2.75, 3.05) is 18.4 Å². The van der Waals surface area contributed by atoms with Gasteiger partial charge in [-0.1, -0.05) is 24.1 Å². The van der Waals surface area contributed by atoms with Gasteiger partial charge < -0.3 is 10.2 Å². The van der Waals surface area contributed by atoms with Gasteiger partial charge in [-0.25, -0.2) is 4.79 Å². The summed E-state index contributed by atoms with van der Waals surface area (Å²) < 4.78 is 0. The van der Waals surface area contributed by atoms with Gasteiger partial charge >= 0.3 is 6.03 Å². The zero-order valence-corrected chi connectivity index (χ0v) is 10.2. The van der Waals surface area contributed by atoms with Gasteiger partial charge in [-0.05, 0) is 18.2 Å². The molecule has 0 radical (unpaired) electrons. The van der Waals surface area contributed by atoms with Crippen LogP contribution in [0.4, 0.5) is 10.5 Å². The van der Waals surface area contributed by atoms with E-state index in [4.69, 9.17) is 6.42 Å². The van der Waals surface area contributed by atoms with E-state index in [2.05, 4.69) is 24.4 Å². The summed E-state index contributed by atoms with van der Waals surface area (Å²) in [6.45, 7) is 8.16. The molecule has 0 fully saturated rings. The SMILES string of the molecule is C#Cc1cccc(NC(=O)N(CC=C)CC=C)c1. The summed E-state index contributed by atoms with van der Waals surface area (Å²) in [5.41, 5.74) is 1.40. The first-order valence-corrected chi connectivity index (χ1v) is 5.55. The fourth-order valence-corrected chi connectivity index (χ4v) is 1.44. The minimum Gasteiger partial charge on any atom is -0.317 e. The maximum absolute atomic E-state index is 12.0. The van der Waals surface area contributed by atoms with Crippen molar-refractivity contribution in [2.24, 2.45) is 0 Å². The first-order chi connectivity index (χ1) is 8.71. The Bertz CT molecular complexity index is 476. The van der Waals surface area contributed by atoms with Crippen molar-refractivity contribution in [1.82, 2.24) is 4.90 Å². The summed E-state index contributed by atoms with van der Waals surface area (Å²) in [6, 6.07) is 6.94. The van der Waals surface area contributed by atoms with Gasteiger partial charge in [0.2, 0.25) is 0 Å². The fraction of sp³-hybridized carbons (Fsp3) is 0.133. The van der Waals surface area contributed by atoms with Crippen molar-refractivity contribution in [1.29, 1.82) is 0 Å². The molecule has 0 spiro atoms. The van der Waals surface area contributed by atoms with E-state index >= 15 is 0 Å². The van der Waals surface area contributed by atoms with E-state index < -0.39 is 0 Å². The van der Waals surface area contributed by atoms with Gasteiger partial charge in [-0.15, -0.1) is 19.6 Å². The molecule has 0 heterocycles. The van der Waals surface area contributed by atoms with Gasteiger partial charge in [0.1, 0.15) is 0 Å². The highest BCUT2D eigenvalue weighted by Crippen LogP contribution is 2.10. The minimum absolute atomic E-state index is 0.205. The van der Waals surface area contributed by atoms with Crippen molar-refractivity contribution in [3.63, 3.8) is 0 Å². The monoisotopic (exact) mass is 240 g/mol. The molecule has 0 atom stereocenters. The highest BCUT2D eigenvalue weighted by atomic mass is 16.2. The lowest BCUT2D eigenvalue weighted by Gasteiger charge is -2.19. The number of nitrogens with one attached hydrogen (secondary N) is 1. The third-order valence-corrected chi connectivity index (χ3v) is 2.27. The molecule has 0 aliphatic heterocycles. The number of rotatable bonds is 5. The van der Waals surface area contributed by atoms with Gasteiger partial charge in [0, 0.05) is 24.3 Å². The number of nitrogens with zero attached hydrogens (tertiary/aromatic N) is 1. The van der Waals surface area contributed by atoms with E-state index in [-0.39, 0.29) is 6.03 Å². The molecule has 1 N–H and O–H groups in total. The van der Waals surface area contributed by atoms with Crippen LogP contribution in [-0.4, -0.2) is 24.0 Å². The first kappa shape index (κ1) is 13.6. The Morgan fingerprint density at radius 2 is 2.06 bits per heavy atom. The molecule has 3 nitrogen and oxygen atoms in total. The molecule has 0 saturated carbocycles. The molecular formula is C15H16N2O. The largest absolute Gasteiger partial charge is 0.322 e. The predicted octanol–water partition coefficient (Wildman–Crippen LogP) is 2.87. The minimum atomic E-state index is -0.205. The lowest BCUT2D eigenvalue weighted by Crippen LogP contribution is -2.35. The smallest absolute Gasteiger partial charge is 0.317 e. The number of anilines is 1. The van der Waals surface area contributed by atoms with Crippen LogP contribution >= 0.6 is 0 Å². The van der Waals surface area contributed by atoms with E-state index in [1.807, 2.05) is 0 Å². The Kier molecular flexibility index (Phi) is 5.27. The molecule has 0 aromatic heterocycles. The number of urea groups is 1. The Morgan fingerprint density at radius 1 is 1.39 bits per heavy atom.